The third-order valence-corrected chi connectivity index (χ3v) is 4.97. The average Bonchev–Trinajstić information content (AvgIpc) is 2.77. The van der Waals surface area contributed by atoms with Gasteiger partial charge in [0.15, 0.2) is 0 Å². The van der Waals surface area contributed by atoms with Crippen LogP contribution in [-0.2, 0) is 0 Å². The van der Waals surface area contributed by atoms with E-state index in [2.05, 4.69) is 5.32 Å². The van der Waals surface area contributed by atoms with Gasteiger partial charge in [0.05, 0.1) is 11.1 Å². The van der Waals surface area contributed by atoms with E-state index >= 15 is 0 Å². The molecule has 2 amide bonds. The number of unbranched alkanes of at least 4 members (excludes halogenated alkanes) is 1. The van der Waals surface area contributed by atoms with Crippen LogP contribution in [-0.4, -0.2) is 35.8 Å². The van der Waals surface area contributed by atoms with Gasteiger partial charge in [0.2, 0.25) is 0 Å². The van der Waals surface area contributed by atoms with E-state index in [1.807, 2.05) is 12.1 Å². The van der Waals surface area contributed by atoms with Crippen LogP contribution in [0.15, 0.2) is 24.3 Å². The van der Waals surface area contributed by atoms with Crippen LogP contribution in [0.3, 0.4) is 0 Å². The molecule has 1 aromatic carbocycles. The number of rotatable bonds is 6. The number of fused-ring (bicyclic) bond motifs is 1. The van der Waals surface area contributed by atoms with Crippen LogP contribution in [0.5, 0.6) is 0 Å². The molecule has 0 aromatic heterocycles. The molecule has 1 N–H and O–H groups in total. The van der Waals surface area contributed by atoms with Crippen molar-refractivity contribution in [2.75, 3.05) is 13.1 Å². The number of amides is 2. The van der Waals surface area contributed by atoms with Crippen molar-refractivity contribution in [1.29, 1.82) is 0 Å². The van der Waals surface area contributed by atoms with E-state index in [-0.39, 0.29) is 11.8 Å². The quantitative estimate of drug-likeness (QED) is 0.497. The fourth-order valence-corrected chi connectivity index (χ4v) is 3.63. The maximum atomic E-state index is 12.2. The highest BCUT2D eigenvalue weighted by molar-refractivity contribution is 6.21. The Hall–Kier alpha value is -1.68. The Balaban J connectivity index is 1.40. The molecule has 4 nitrogen and oxygen atoms in total. The SMILES string of the molecule is O=C1c2ccccc2C(=O)N1CCCCNC1CCCCCC1. The molecule has 1 aromatic rings. The second kappa shape index (κ2) is 7.73. The Morgan fingerprint density at radius 1 is 0.913 bits per heavy atom. The van der Waals surface area contributed by atoms with Crippen LogP contribution in [0.1, 0.15) is 72.1 Å². The smallest absolute Gasteiger partial charge is 0.261 e. The molecule has 0 bridgehead atoms. The lowest BCUT2D eigenvalue weighted by molar-refractivity contribution is 0.0651. The van der Waals surface area contributed by atoms with Crippen molar-refractivity contribution in [1.82, 2.24) is 10.2 Å². The molecule has 1 heterocycles. The molecule has 1 saturated carbocycles. The Kier molecular flexibility index (Phi) is 5.44. The topological polar surface area (TPSA) is 49.4 Å². The summed E-state index contributed by atoms with van der Waals surface area (Å²) >= 11 is 0. The lowest BCUT2D eigenvalue weighted by Crippen LogP contribution is -2.32. The van der Waals surface area contributed by atoms with Gasteiger partial charge in [-0.1, -0.05) is 37.8 Å². The van der Waals surface area contributed by atoms with Crippen LogP contribution in [0.2, 0.25) is 0 Å². The van der Waals surface area contributed by atoms with Gasteiger partial charge < -0.3 is 5.32 Å². The summed E-state index contributed by atoms with van der Waals surface area (Å²) in [4.78, 5) is 25.9. The average molecular weight is 314 g/mol. The predicted octanol–water partition coefficient (Wildman–Crippen LogP) is 3.38. The van der Waals surface area contributed by atoms with Crippen molar-refractivity contribution in [3.05, 3.63) is 35.4 Å². The largest absolute Gasteiger partial charge is 0.314 e. The second-order valence-corrected chi connectivity index (χ2v) is 6.66. The maximum Gasteiger partial charge on any atom is 0.261 e. The number of imide groups is 1. The van der Waals surface area contributed by atoms with E-state index < -0.39 is 0 Å². The minimum atomic E-state index is -0.137. The first kappa shape index (κ1) is 16.2. The Morgan fingerprint density at radius 3 is 2.13 bits per heavy atom. The molecule has 124 valence electrons. The monoisotopic (exact) mass is 314 g/mol. The predicted molar refractivity (Wildman–Crippen MR) is 90.5 cm³/mol. The van der Waals surface area contributed by atoms with E-state index in [4.69, 9.17) is 0 Å². The van der Waals surface area contributed by atoms with Crippen molar-refractivity contribution >= 4 is 11.8 Å². The maximum absolute atomic E-state index is 12.2. The molecular weight excluding hydrogens is 288 g/mol. The molecule has 1 fully saturated rings. The van der Waals surface area contributed by atoms with Crippen LogP contribution in [0, 0.1) is 0 Å². The zero-order valence-corrected chi connectivity index (χ0v) is 13.7. The molecule has 4 heteroatoms. The summed E-state index contributed by atoms with van der Waals surface area (Å²) in [6.45, 7) is 1.51. The lowest BCUT2D eigenvalue weighted by atomic mass is 10.1. The Morgan fingerprint density at radius 2 is 1.52 bits per heavy atom. The van der Waals surface area contributed by atoms with Gasteiger partial charge in [0.25, 0.3) is 11.8 Å². The number of nitrogens with zero attached hydrogens (tertiary/aromatic N) is 1. The Bertz CT molecular complexity index is 527. The van der Waals surface area contributed by atoms with Gasteiger partial charge in [0.1, 0.15) is 0 Å². The third kappa shape index (κ3) is 3.81. The zero-order chi connectivity index (χ0) is 16.1. The van der Waals surface area contributed by atoms with E-state index in [1.54, 1.807) is 12.1 Å². The first-order valence-electron chi connectivity index (χ1n) is 8.96. The lowest BCUT2D eigenvalue weighted by Gasteiger charge is -2.17. The number of hydrogen-bond acceptors (Lipinski definition) is 3. The highest BCUT2D eigenvalue weighted by Gasteiger charge is 2.34. The normalized spacial score (nSPS) is 19.0. The summed E-state index contributed by atoms with van der Waals surface area (Å²) in [7, 11) is 0. The van der Waals surface area contributed by atoms with Crippen molar-refractivity contribution in [3.8, 4) is 0 Å². The molecule has 1 aliphatic carbocycles. The van der Waals surface area contributed by atoms with E-state index in [1.165, 1.54) is 43.4 Å². The van der Waals surface area contributed by atoms with Crippen LogP contribution < -0.4 is 5.32 Å². The summed E-state index contributed by atoms with van der Waals surface area (Å²) in [5, 5.41) is 3.64. The van der Waals surface area contributed by atoms with Crippen LogP contribution >= 0.6 is 0 Å². The molecule has 3 rings (SSSR count). The highest BCUT2D eigenvalue weighted by atomic mass is 16.2. The number of carbonyl (C=O) groups excluding carboxylic acids is 2. The van der Waals surface area contributed by atoms with Gasteiger partial charge in [-0.3, -0.25) is 14.5 Å². The molecule has 0 unspecified atom stereocenters. The molecule has 0 spiro atoms. The van der Waals surface area contributed by atoms with Crippen LogP contribution in [0.4, 0.5) is 0 Å². The van der Waals surface area contributed by atoms with Gasteiger partial charge in [-0.25, -0.2) is 0 Å². The highest BCUT2D eigenvalue weighted by Crippen LogP contribution is 2.22. The fraction of sp³-hybridized carbons (Fsp3) is 0.579. The minimum Gasteiger partial charge on any atom is -0.314 e. The first-order chi connectivity index (χ1) is 11.3. The molecule has 0 saturated heterocycles. The van der Waals surface area contributed by atoms with Crippen molar-refractivity contribution in [3.63, 3.8) is 0 Å². The van der Waals surface area contributed by atoms with Crippen LogP contribution in [0.25, 0.3) is 0 Å². The van der Waals surface area contributed by atoms with E-state index in [0.717, 1.165) is 19.4 Å². The van der Waals surface area contributed by atoms with Gasteiger partial charge in [-0.15, -0.1) is 0 Å². The summed E-state index contributed by atoms with van der Waals surface area (Å²) in [5.41, 5.74) is 1.10. The molecule has 0 atom stereocenters. The Labute approximate surface area is 138 Å². The fourth-order valence-electron chi connectivity index (χ4n) is 3.63. The van der Waals surface area contributed by atoms with Crippen molar-refractivity contribution < 1.29 is 9.59 Å². The molecule has 23 heavy (non-hydrogen) atoms. The van der Waals surface area contributed by atoms with Gasteiger partial charge in [-0.05, 0) is 44.4 Å². The van der Waals surface area contributed by atoms with Gasteiger partial charge >= 0.3 is 0 Å². The standard InChI is InChI=1S/C19H26N2O2/c22-18-16-11-5-6-12-17(16)19(23)21(18)14-8-7-13-20-15-9-3-1-2-4-10-15/h5-6,11-12,15,20H,1-4,7-10,13-14H2. The second-order valence-electron chi connectivity index (χ2n) is 6.66. The molecule has 0 radical (unpaired) electrons. The van der Waals surface area contributed by atoms with E-state index in [9.17, 15) is 9.59 Å². The molecule has 2 aliphatic rings. The number of benzene rings is 1. The third-order valence-electron chi connectivity index (χ3n) is 4.97. The summed E-state index contributed by atoms with van der Waals surface area (Å²) in [6.07, 6.45) is 9.88. The van der Waals surface area contributed by atoms with E-state index in [0.29, 0.717) is 23.7 Å². The summed E-state index contributed by atoms with van der Waals surface area (Å²) in [5.74, 6) is -0.273. The zero-order valence-electron chi connectivity index (χ0n) is 13.7. The first-order valence-corrected chi connectivity index (χ1v) is 8.96. The minimum absolute atomic E-state index is 0.137. The number of carbonyl (C=O) groups is 2. The summed E-state index contributed by atoms with van der Waals surface area (Å²) < 4.78 is 0. The number of nitrogens with one attached hydrogen (secondary N) is 1. The van der Waals surface area contributed by atoms with Gasteiger partial charge in [0, 0.05) is 12.6 Å². The number of hydrogen-bond donors (Lipinski definition) is 1. The van der Waals surface area contributed by atoms with Crippen molar-refractivity contribution in [2.24, 2.45) is 0 Å². The summed E-state index contributed by atoms with van der Waals surface area (Å²) in [6, 6.07) is 7.76. The van der Waals surface area contributed by atoms with Gasteiger partial charge in [-0.2, -0.15) is 0 Å². The molecule has 1 aliphatic heterocycles. The van der Waals surface area contributed by atoms with Crippen molar-refractivity contribution in [2.45, 2.75) is 57.4 Å². The molecular formula is C19H26N2O2.